The molecule has 1 saturated carbocycles. The van der Waals surface area contributed by atoms with E-state index in [0.717, 1.165) is 17.7 Å². The number of imide groups is 1. The molecule has 1 atom stereocenters. The summed E-state index contributed by atoms with van der Waals surface area (Å²) < 4.78 is 26.2. The highest BCUT2D eigenvalue weighted by Gasteiger charge is 2.54. The first kappa shape index (κ1) is 22.0. The Morgan fingerprint density at radius 1 is 1.27 bits per heavy atom. The van der Waals surface area contributed by atoms with Gasteiger partial charge in [0.1, 0.15) is 11.6 Å². The van der Waals surface area contributed by atoms with Gasteiger partial charge in [-0.1, -0.05) is 31.1 Å². The zero-order valence-electron chi connectivity index (χ0n) is 16.8. The SMILES string of the molecule is C=CCNS(=O)(=O)Cc1ccc(NC(=O)C(C)N2C(=O)NC3(CCCC3)C2=O)cc1. The summed E-state index contributed by atoms with van der Waals surface area (Å²) in [5.74, 6) is -1.04. The van der Waals surface area contributed by atoms with Crippen LogP contribution in [0.2, 0.25) is 0 Å². The van der Waals surface area contributed by atoms with Crippen molar-refractivity contribution >= 4 is 33.6 Å². The molecular formula is C20H26N4O5S. The highest BCUT2D eigenvalue weighted by atomic mass is 32.2. The van der Waals surface area contributed by atoms with Crippen molar-refractivity contribution in [3.05, 3.63) is 42.5 Å². The normalized spacial score (nSPS) is 19.0. The quantitative estimate of drug-likeness (QED) is 0.422. The first-order valence-corrected chi connectivity index (χ1v) is 11.5. The fourth-order valence-corrected chi connectivity index (χ4v) is 4.92. The van der Waals surface area contributed by atoms with Crippen LogP contribution in [0.25, 0.3) is 0 Å². The minimum atomic E-state index is -3.48. The molecule has 3 N–H and O–H groups in total. The van der Waals surface area contributed by atoms with Gasteiger partial charge in [0.25, 0.3) is 5.91 Å². The highest BCUT2D eigenvalue weighted by molar-refractivity contribution is 7.88. The third kappa shape index (κ3) is 4.54. The van der Waals surface area contributed by atoms with E-state index in [0.29, 0.717) is 24.1 Å². The molecule has 162 valence electrons. The van der Waals surface area contributed by atoms with Crippen LogP contribution in [0.5, 0.6) is 0 Å². The van der Waals surface area contributed by atoms with Crippen LogP contribution in [0.1, 0.15) is 38.2 Å². The van der Waals surface area contributed by atoms with Gasteiger partial charge < -0.3 is 10.6 Å². The summed E-state index contributed by atoms with van der Waals surface area (Å²) in [6.07, 6.45) is 4.37. The topological polar surface area (TPSA) is 125 Å². The van der Waals surface area contributed by atoms with E-state index in [2.05, 4.69) is 21.9 Å². The lowest BCUT2D eigenvalue weighted by Crippen LogP contribution is -2.48. The molecule has 1 aromatic carbocycles. The van der Waals surface area contributed by atoms with Gasteiger partial charge in [-0.25, -0.2) is 22.8 Å². The van der Waals surface area contributed by atoms with Crippen LogP contribution in [0.15, 0.2) is 36.9 Å². The molecule has 0 aromatic heterocycles. The molecule has 0 bridgehead atoms. The van der Waals surface area contributed by atoms with Crippen LogP contribution >= 0.6 is 0 Å². The van der Waals surface area contributed by atoms with E-state index in [4.69, 9.17) is 0 Å². The summed E-state index contributed by atoms with van der Waals surface area (Å²) in [5, 5.41) is 5.43. The van der Waals surface area contributed by atoms with Crippen molar-refractivity contribution in [3.63, 3.8) is 0 Å². The predicted molar refractivity (Wildman–Crippen MR) is 112 cm³/mol. The maximum atomic E-state index is 12.8. The van der Waals surface area contributed by atoms with E-state index in [1.165, 1.54) is 13.0 Å². The van der Waals surface area contributed by atoms with Crippen LogP contribution in [0.3, 0.4) is 0 Å². The third-order valence-corrected chi connectivity index (χ3v) is 6.76. The summed E-state index contributed by atoms with van der Waals surface area (Å²) in [6.45, 7) is 5.12. The molecule has 30 heavy (non-hydrogen) atoms. The molecule has 3 rings (SSSR count). The van der Waals surface area contributed by atoms with Gasteiger partial charge in [-0.05, 0) is 37.5 Å². The number of carbonyl (C=O) groups excluding carboxylic acids is 3. The van der Waals surface area contributed by atoms with E-state index in [1.54, 1.807) is 24.3 Å². The van der Waals surface area contributed by atoms with E-state index >= 15 is 0 Å². The lowest BCUT2D eigenvalue weighted by atomic mass is 9.97. The molecule has 1 unspecified atom stereocenters. The fraction of sp³-hybridized carbons (Fsp3) is 0.450. The summed E-state index contributed by atoms with van der Waals surface area (Å²) >= 11 is 0. The number of benzene rings is 1. The van der Waals surface area contributed by atoms with Crippen molar-refractivity contribution in [1.82, 2.24) is 14.9 Å². The van der Waals surface area contributed by atoms with Gasteiger partial charge in [0.05, 0.1) is 5.75 Å². The van der Waals surface area contributed by atoms with E-state index in [-0.39, 0.29) is 18.2 Å². The average Bonchev–Trinajstić information content (AvgIpc) is 3.26. The number of urea groups is 1. The lowest BCUT2D eigenvalue weighted by molar-refractivity contribution is -0.136. The molecular weight excluding hydrogens is 408 g/mol. The average molecular weight is 435 g/mol. The zero-order chi connectivity index (χ0) is 21.9. The second-order valence-corrected chi connectivity index (χ2v) is 9.46. The number of anilines is 1. The van der Waals surface area contributed by atoms with E-state index in [1.807, 2.05) is 0 Å². The van der Waals surface area contributed by atoms with Gasteiger partial charge >= 0.3 is 6.03 Å². The molecule has 1 spiro atoms. The molecule has 10 heteroatoms. The van der Waals surface area contributed by atoms with Crippen molar-refractivity contribution in [1.29, 1.82) is 0 Å². The van der Waals surface area contributed by atoms with Crippen LogP contribution in [-0.2, 0) is 25.4 Å². The lowest BCUT2D eigenvalue weighted by Gasteiger charge is -2.23. The Bertz CT molecular complexity index is 952. The molecule has 1 aliphatic carbocycles. The summed E-state index contributed by atoms with van der Waals surface area (Å²) in [5.41, 5.74) is 0.128. The Morgan fingerprint density at radius 2 is 1.90 bits per heavy atom. The maximum Gasteiger partial charge on any atom is 0.325 e. The standard InChI is InChI=1S/C20H26N4O5S/c1-3-12-21-30(28,29)13-15-6-8-16(9-7-15)22-17(25)14(2)24-18(26)20(23-19(24)27)10-4-5-11-20/h3,6-9,14,21H,1,4-5,10-13H2,2H3,(H,22,25)(H,23,27). The van der Waals surface area contributed by atoms with Crippen molar-refractivity contribution in [3.8, 4) is 0 Å². The number of nitrogens with zero attached hydrogens (tertiary/aromatic N) is 1. The number of amides is 4. The van der Waals surface area contributed by atoms with Crippen LogP contribution in [0, 0.1) is 0 Å². The Kier molecular flexibility index (Phi) is 6.27. The number of hydrogen-bond donors (Lipinski definition) is 3. The number of nitrogens with one attached hydrogen (secondary N) is 3. The molecule has 2 aliphatic rings. The Hall–Kier alpha value is -2.72. The van der Waals surface area contributed by atoms with Crippen LogP contribution < -0.4 is 15.4 Å². The largest absolute Gasteiger partial charge is 0.325 e. The Balaban J connectivity index is 1.62. The maximum absolute atomic E-state index is 12.8. The number of rotatable bonds is 8. The summed E-state index contributed by atoms with van der Waals surface area (Å²) in [7, 11) is -3.48. The molecule has 0 radical (unpaired) electrons. The number of hydrogen-bond acceptors (Lipinski definition) is 5. The molecule has 2 fully saturated rings. The van der Waals surface area contributed by atoms with E-state index < -0.39 is 33.5 Å². The molecule has 1 saturated heterocycles. The van der Waals surface area contributed by atoms with Gasteiger partial charge in [-0.3, -0.25) is 9.59 Å². The zero-order valence-corrected chi connectivity index (χ0v) is 17.6. The van der Waals surface area contributed by atoms with Crippen molar-refractivity contribution in [2.45, 2.75) is 49.9 Å². The van der Waals surface area contributed by atoms with Crippen LogP contribution in [0.4, 0.5) is 10.5 Å². The molecule has 1 aromatic rings. The van der Waals surface area contributed by atoms with Gasteiger partial charge in [0.15, 0.2) is 0 Å². The van der Waals surface area contributed by atoms with Crippen molar-refractivity contribution in [2.75, 3.05) is 11.9 Å². The second kappa shape index (κ2) is 8.57. The summed E-state index contributed by atoms with van der Waals surface area (Å²) in [6, 6.07) is 4.82. The van der Waals surface area contributed by atoms with Crippen molar-refractivity contribution in [2.24, 2.45) is 0 Å². The van der Waals surface area contributed by atoms with Crippen molar-refractivity contribution < 1.29 is 22.8 Å². The van der Waals surface area contributed by atoms with Gasteiger partial charge in [0.2, 0.25) is 15.9 Å². The molecule has 1 heterocycles. The predicted octanol–water partition coefficient (Wildman–Crippen LogP) is 1.48. The Morgan fingerprint density at radius 3 is 2.50 bits per heavy atom. The van der Waals surface area contributed by atoms with E-state index in [9.17, 15) is 22.8 Å². The molecule has 4 amide bonds. The van der Waals surface area contributed by atoms with Gasteiger partial charge in [0, 0.05) is 12.2 Å². The Labute approximate surface area is 175 Å². The summed E-state index contributed by atoms with van der Waals surface area (Å²) in [4.78, 5) is 38.7. The molecule has 9 nitrogen and oxygen atoms in total. The number of carbonyl (C=O) groups is 3. The minimum Gasteiger partial charge on any atom is -0.324 e. The van der Waals surface area contributed by atoms with Gasteiger partial charge in [-0.2, -0.15) is 0 Å². The molecule has 1 aliphatic heterocycles. The fourth-order valence-electron chi connectivity index (χ4n) is 3.81. The monoisotopic (exact) mass is 434 g/mol. The third-order valence-electron chi connectivity index (χ3n) is 5.44. The van der Waals surface area contributed by atoms with Crippen LogP contribution in [-0.4, -0.2) is 49.3 Å². The first-order valence-electron chi connectivity index (χ1n) is 9.81. The number of sulfonamides is 1. The highest BCUT2D eigenvalue weighted by Crippen LogP contribution is 2.35. The van der Waals surface area contributed by atoms with Gasteiger partial charge in [-0.15, -0.1) is 6.58 Å². The first-order chi connectivity index (χ1) is 14.2. The smallest absolute Gasteiger partial charge is 0.324 e. The minimum absolute atomic E-state index is 0.151. The second-order valence-electron chi connectivity index (χ2n) is 7.65.